The summed E-state index contributed by atoms with van der Waals surface area (Å²) in [5.74, 6) is 0.968. The maximum atomic E-state index is 11.7. The number of ether oxygens (including phenoxy) is 2. The first-order valence-electron chi connectivity index (χ1n) is 11.1. The van der Waals surface area contributed by atoms with E-state index in [9.17, 15) is 4.79 Å². The average Bonchev–Trinajstić information content (AvgIpc) is 2.77. The molecule has 3 rings (SSSR count). The second-order valence-corrected chi connectivity index (χ2v) is 7.92. The van der Waals surface area contributed by atoms with Gasteiger partial charge in [0, 0.05) is 52.1 Å². The molecular weight excluding hydrogens is 368 g/mol. The molecule has 1 aromatic rings. The molecule has 7 nitrogen and oxygen atoms in total. The third-order valence-electron chi connectivity index (χ3n) is 5.75. The third kappa shape index (κ3) is 7.16. The van der Waals surface area contributed by atoms with Crippen molar-refractivity contribution in [2.75, 3.05) is 39.9 Å². The molecule has 0 aliphatic carbocycles. The van der Waals surface area contributed by atoms with E-state index in [1.807, 2.05) is 19.3 Å². The van der Waals surface area contributed by atoms with E-state index in [1.165, 1.54) is 12.8 Å². The molecule has 2 fully saturated rings. The number of rotatable bonds is 8. The van der Waals surface area contributed by atoms with Crippen LogP contribution >= 0.6 is 0 Å². The van der Waals surface area contributed by atoms with Crippen LogP contribution < -0.4 is 10.9 Å². The lowest BCUT2D eigenvalue weighted by Crippen LogP contribution is -2.47. The Morgan fingerprint density at radius 1 is 1.24 bits per heavy atom. The van der Waals surface area contributed by atoms with Crippen LogP contribution in [0.4, 0.5) is 0 Å². The molecule has 0 amide bonds. The van der Waals surface area contributed by atoms with Gasteiger partial charge in [0.2, 0.25) is 5.56 Å². The predicted molar refractivity (Wildman–Crippen MR) is 115 cm³/mol. The summed E-state index contributed by atoms with van der Waals surface area (Å²) in [5, 5.41) is 3.47. The van der Waals surface area contributed by atoms with Crippen LogP contribution in [0.1, 0.15) is 44.9 Å². The van der Waals surface area contributed by atoms with E-state index in [4.69, 9.17) is 9.47 Å². The van der Waals surface area contributed by atoms with Crippen molar-refractivity contribution in [1.82, 2.24) is 14.8 Å². The summed E-state index contributed by atoms with van der Waals surface area (Å²) < 4.78 is 13.6. The van der Waals surface area contributed by atoms with Crippen molar-refractivity contribution >= 4 is 5.96 Å². The minimum atomic E-state index is 0.0661. The lowest BCUT2D eigenvalue weighted by molar-refractivity contribution is -0.0721. The van der Waals surface area contributed by atoms with Crippen LogP contribution in [-0.2, 0) is 16.0 Å². The minimum absolute atomic E-state index is 0.0661. The molecule has 1 atom stereocenters. The number of aromatic nitrogens is 1. The number of unbranched alkanes of at least 4 members (excludes halogenated alkanes) is 1. The Balaban J connectivity index is 1.29. The molecule has 0 saturated carbocycles. The smallest absolute Gasteiger partial charge is 0.250 e. The van der Waals surface area contributed by atoms with Crippen molar-refractivity contribution in [3.63, 3.8) is 0 Å². The molecule has 1 unspecified atom stereocenters. The highest BCUT2D eigenvalue weighted by molar-refractivity contribution is 5.79. The Hall–Kier alpha value is -1.86. The number of nitrogens with one attached hydrogen (secondary N) is 1. The van der Waals surface area contributed by atoms with Crippen LogP contribution in [-0.4, -0.2) is 67.5 Å². The number of likely N-dealkylation sites (tertiary alicyclic amines) is 1. The van der Waals surface area contributed by atoms with Gasteiger partial charge >= 0.3 is 0 Å². The van der Waals surface area contributed by atoms with Gasteiger partial charge < -0.3 is 24.3 Å². The van der Waals surface area contributed by atoms with E-state index in [2.05, 4.69) is 15.2 Å². The molecule has 0 aromatic carbocycles. The molecule has 1 N–H and O–H groups in total. The Bertz CT molecular complexity index is 677. The molecule has 2 saturated heterocycles. The van der Waals surface area contributed by atoms with E-state index in [-0.39, 0.29) is 5.56 Å². The van der Waals surface area contributed by atoms with Crippen molar-refractivity contribution < 1.29 is 9.47 Å². The number of nitrogens with zero attached hydrogens (tertiary/aromatic N) is 3. The van der Waals surface area contributed by atoms with Crippen molar-refractivity contribution in [2.24, 2.45) is 4.99 Å². The largest absolute Gasteiger partial charge is 0.376 e. The minimum Gasteiger partial charge on any atom is -0.376 e. The fraction of sp³-hybridized carbons (Fsp3) is 0.727. The molecule has 0 bridgehead atoms. The first-order valence-corrected chi connectivity index (χ1v) is 11.1. The van der Waals surface area contributed by atoms with Gasteiger partial charge in [-0.15, -0.1) is 0 Å². The standard InChI is InChI=1S/C22H36N4O3/c1-23-22(24-12-4-6-14-25-13-5-2-9-21(25)27)26-15-10-19(11-16-26)29-18-20-8-3-7-17-28-20/h2,5,9,13,19-20H,3-4,6-8,10-12,14-18H2,1H3,(H,23,24). The van der Waals surface area contributed by atoms with Crippen molar-refractivity contribution in [1.29, 1.82) is 0 Å². The number of pyridine rings is 1. The molecule has 29 heavy (non-hydrogen) atoms. The lowest BCUT2D eigenvalue weighted by Gasteiger charge is -2.35. The molecule has 2 aliphatic heterocycles. The SMILES string of the molecule is CN=C(NCCCCn1ccccc1=O)N1CCC(OCC2CCCCO2)CC1. The van der Waals surface area contributed by atoms with Gasteiger partial charge in [0.1, 0.15) is 0 Å². The zero-order chi connectivity index (χ0) is 20.3. The number of piperidine rings is 1. The van der Waals surface area contributed by atoms with Crippen molar-refractivity contribution in [3.8, 4) is 0 Å². The summed E-state index contributed by atoms with van der Waals surface area (Å²) in [5.41, 5.74) is 0.0661. The summed E-state index contributed by atoms with van der Waals surface area (Å²) in [4.78, 5) is 18.5. The molecule has 7 heteroatoms. The van der Waals surface area contributed by atoms with Crippen LogP contribution in [0.25, 0.3) is 0 Å². The van der Waals surface area contributed by atoms with E-state index in [0.717, 1.165) is 77.5 Å². The van der Waals surface area contributed by atoms with Crippen LogP contribution in [0.3, 0.4) is 0 Å². The summed E-state index contributed by atoms with van der Waals surface area (Å²) in [7, 11) is 1.84. The fourth-order valence-corrected chi connectivity index (χ4v) is 4.00. The van der Waals surface area contributed by atoms with Gasteiger partial charge in [-0.2, -0.15) is 0 Å². The fourth-order valence-electron chi connectivity index (χ4n) is 4.00. The van der Waals surface area contributed by atoms with E-state index in [0.29, 0.717) is 12.2 Å². The molecule has 0 radical (unpaired) electrons. The first kappa shape index (κ1) is 21.8. The Morgan fingerprint density at radius 2 is 2.10 bits per heavy atom. The van der Waals surface area contributed by atoms with Crippen molar-refractivity contribution in [3.05, 3.63) is 34.7 Å². The summed E-state index contributed by atoms with van der Waals surface area (Å²) in [6.07, 6.45) is 10.1. The zero-order valence-corrected chi connectivity index (χ0v) is 17.7. The Kier molecular flexibility index (Phi) is 9.02. The molecule has 0 spiro atoms. The average molecular weight is 405 g/mol. The highest BCUT2D eigenvalue weighted by atomic mass is 16.5. The van der Waals surface area contributed by atoms with Gasteiger partial charge in [0.05, 0.1) is 18.8 Å². The van der Waals surface area contributed by atoms with Gasteiger partial charge in [-0.05, 0) is 51.0 Å². The van der Waals surface area contributed by atoms with Gasteiger partial charge in [0.15, 0.2) is 5.96 Å². The van der Waals surface area contributed by atoms with Crippen molar-refractivity contribution in [2.45, 2.75) is 63.7 Å². The second kappa shape index (κ2) is 12.0. The Labute approximate surface area is 174 Å². The van der Waals surface area contributed by atoms with E-state index in [1.54, 1.807) is 16.7 Å². The van der Waals surface area contributed by atoms with Gasteiger partial charge in [-0.3, -0.25) is 9.79 Å². The first-order chi connectivity index (χ1) is 14.3. The topological polar surface area (TPSA) is 68.1 Å². The normalized spacial score (nSPS) is 21.3. The number of hydrogen-bond acceptors (Lipinski definition) is 4. The third-order valence-corrected chi connectivity index (χ3v) is 5.75. The number of guanidine groups is 1. The van der Waals surface area contributed by atoms with E-state index < -0.39 is 0 Å². The van der Waals surface area contributed by atoms with Gasteiger partial charge in [-0.1, -0.05) is 6.07 Å². The van der Waals surface area contributed by atoms with Gasteiger partial charge in [0.25, 0.3) is 0 Å². The van der Waals surface area contributed by atoms with E-state index >= 15 is 0 Å². The highest BCUT2D eigenvalue weighted by Gasteiger charge is 2.23. The van der Waals surface area contributed by atoms with Crippen LogP contribution in [0.2, 0.25) is 0 Å². The number of hydrogen-bond donors (Lipinski definition) is 1. The summed E-state index contributed by atoms with van der Waals surface area (Å²) in [6, 6.07) is 5.29. The highest BCUT2D eigenvalue weighted by Crippen LogP contribution is 2.17. The van der Waals surface area contributed by atoms with Crippen LogP contribution in [0.15, 0.2) is 34.2 Å². The zero-order valence-electron chi connectivity index (χ0n) is 17.7. The number of aryl methyl sites for hydroxylation is 1. The summed E-state index contributed by atoms with van der Waals surface area (Å²) in [6.45, 7) is 5.18. The van der Waals surface area contributed by atoms with Crippen LogP contribution in [0.5, 0.6) is 0 Å². The molecule has 1 aromatic heterocycles. The predicted octanol–water partition coefficient (Wildman–Crippen LogP) is 2.25. The van der Waals surface area contributed by atoms with Gasteiger partial charge in [-0.25, -0.2) is 0 Å². The Morgan fingerprint density at radius 3 is 2.83 bits per heavy atom. The lowest BCUT2D eigenvalue weighted by atomic mass is 10.1. The number of aliphatic imine (C=N–C) groups is 1. The molecule has 2 aliphatic rings. The molecular formula is C22H36N4O3. The second-order valence-electron chi connectivity index (χ2n) is 7.92. The maximum absolute atomic E-state index is 11.7. The maximum Gasteiger partial charge on any atom is 0.250 e. The molecule has 162 valence electrons. The summed E-state index contributed by atoms with van der Waals surface area (Å²) >= 11 is 0. The monoisotopic (exact) mass is 404 g/mol. The quantitative estimate of drug-likeness (QED) is 0.409. The van der Waals surface area contributed by atoms with Crippen LogP contribution in [0, 0.1) is 0 Å². The molecule has 3 heterocycles.